The van der Waals surface area contributed by atoms with Crippen molar-refractivity contribution in [3.8, 4) is 0 Å². The molecule has 0 spiro atoms. The summed E-state index contributed by atoms with van der Waals surface area (Å²) in [5.41, 5.74) is 6.80. The number of halogens is 1. The Morgan fingerprint density at radius 1 is 1.40 bits per heavy atom. The molecule has 15 heavy (non-hydrogen) atoms. The first-order valence-electron chi connectivity index (χ1n) is 4.87. The summed E-state index contributed by atoms with van der Waals surface area (Å²) in [4.78, 5) is 13.2. The SMILES string of the molecule is CN1C(=O)[C@H](N)C[C@@H]1c1ccc(Cl)cc1. The number of carbonyl (C=O) groups is 1. The van der Waals surface area contributed by atoms with Gasteiger partial charge in [-0.1, -0.05) is 23.7 Å². The number of rotatable bonds is 1. The predicted molar refractivity (Wildman–Crippen MR) is 59.6 cm³/mol. The molecule has 80 valence electrons. The Bertz CT molecular complexity index is 377. The predicted octanol–water partition coefficient (Wildman–Crippen LogP) is 1.57. The van der Waals surface area contributed by atoms with E-state index in [1.54, 1.807) is 11.9 Å². The molecule has 0 saturated carbocycles. The molecular formula is C11H13ClN2O. The third-order valence-electron chi connectivity index (χ3n) is 2.86. The van der Waals surface area contributed by atoms with E-state index in [1.807, 2.05) is 24.3 Å². The van der Waals surface area contributed by atoms with Crippen LogP contribution in [0.25, 0.3) is 0 Å². The zero-order valence-corrected chi connectivity index (χ0v) is 9.24. The van der Waals surface area contributed by atoms with Gasteiger partial charge in [0.15, 0.2) is 0 Å². The molecule has 0 bridgehead atoms. The second kappa shape index (κ2) is 3.83. The molecule has 3 nitrogen and oxygen atoms in total. The van der Waals surface area contributed by atoms with Crippen molar-refractivity contribution in [1.29, 1.82) is 0 Å². The van der Waals surface area contributed by atoms with Crippen molar-refractivity contribution >= 4 is 17.5 Å². The molecule has 1 heterocycles. The molecule has 2 rings (SSSR count). The van der Waals surface area contributed by atoms with Gasteiger partial charge in [-0.15, -0.1) is 0 Å². The van der Waals surface area contributed by atoms with Crippen LogP contribution in [0.5, 0.6) is 0 Å². The molecule has 0 aliphatic carbocycles. The lowest BCUT2D eigenvalue weighted by Crippen LogP contribution is -2.31. The number of nitrogens with two attached hydrogens (primary N) is 1. The van der Waals surface area contributed by atoms with Crippen LogP contribution in [-0.4, -0.2) is 23.9 Å². The van der Waals surface area contributed by atoms with Crippen LogP contribution in [0.15, 0.2) is 24.3 Å². The van der Waals surface area contributed by atoms with Crippen LogP contribution >= 0.6 is 11.6 Å². The number of likely N-dealkylation sites (N-methyl/N-ethyl adjacent to an activating group) is 1. The summed E-state index contributed by atoms with van der Waals surface area (Å²) in [7, 11) is 1.79. The molecule has 1 saturated heterocycles. The van der Waals surface area contributed by atoms with Gasteiger partial charge in [-0.2, -0.15) is 0 Å². The molecule has 1 aliphatic heterocycles. The van der Waals surface area contributed by atoms with Gasteiger partial charge in [-0.05, 0) is 24.1 Å². The van der Waals surface area contributed by atoms with Crippen LogP contribution in [0.1, 0.15) is 18.0 Å². The molecule has 1 aromatic carbocycles. The molecule has 1 aromatic rings. The third kappa shape index (κ3) is 1.85. The van der Waals surface area contributed by atoms with Crippen LogP contribution in [0.3, 0.4) is 0 Å². The van der Waals surface area contributed by atoms with Gasteiger partial charge in [0.2, 0.25) is 5.91 Å². The Labute approximate surface area is 93.8 Å². The highest BCUT2D eigenvalue weighted by Crippen LogP contribution is 2.31. The molecular weight excluding hydrogens is 212 g/mol. The first-order chi connectivity index (χ1) is 7.09. The second-order valence-corrected chi connectivity index (χ2v) is 4.30. The Balaban J connectivity index is 2.25. The average molecular weight is 225 g/mol. The van der Waals surface area contributed by atoms with Gasteiger partial charge in [0.05, 0.1) is 12.1 Å². The molecule has 0 radical (unpaired) electrons. The number of hydrogen-bond acceptors (Lipinski definition) is 2. The van der Waals surface area contributed by atoms with E-state index in [4.69, 9.17) is 17.3 Å². The van der Waals surface area contributed by atoms with Crippen molar-refractivity contribution in [2.45, 2.75) is 18.5 Å². The fraction of sp³-hybridized carbons (Fsp3) is 0.364. The van der Waals surface area contributed by atoms with Gasteiger partial charge in [0, 0.05) is 12.1 Å². The van der Waals surface area contributed by atoms with Crippen molar-refractivity contribution in [1.82, 2.24) is 4.90 Å². The Morgan fingerprint density at radius 3 is 2.47 bits per heavy atom. The molecule has 1 amide bonds. The molecule has 1 aliphatic rings. The highest BCUT2D eigenvalue weighted by molar-refractivity contribution is 6.30. The van der Waals surface area contributed by atoms with Gasteiger partial charge in [-0.25, -0.2) is 0 Å². The van der Waals surface area contributed by atoms with Crippen molar-refractivity contribution in [2.75, 3.05) is 7.05 Å². The zero-order valence-electron chi connectivity index (χ0n) is 8.48. The smallest absolute Gasteiger partial charge is 0.239 e. The van der Waals surface area contributed by atoms with Gasteiger partial charge < -0.3 is 10.6 Å². The Morgan fingerprint density at radius 2 is 2.00 bits per heavy atom. The van der Waals surface area contributed by atoms with Crippen LogP contribution < -0.4 is 5.73 Å². The summed E-state index contributed by atoms with van der Waals surface area (Å²) in [6, 6.07) is 7.27. The van der Waals surface area contributed by atoms with E-state index < -0.39 is 0 Å². The lowest BCUT2D eigenvalue weighted by Gasteiger charge is -2.19. The van der Waals surface area contributed by atoms with Gasteiger partial charge in [0.25, 0.3) is 0 Å². The molecule has 2 atom stereocenters. The normalized spacial score (nSPS) is 26.1. The summed E-state index contributed by atoms with van der Waals surface area (Å²) < 4.78 is 0. The van der Waals surface area contributed by atoms with E-state index in [1.165, 1.54) is 0 Å². The molecule has 0 aromatic heterocycles. The lowest BCUT2D eigenvalue weighted by atomic mass is 10.0. The third-order valence-corrected chi connectivity index (χ3v) is 3.12. The number of nitrogens with zero attached hydrogens (tertiary/aromatic N) is 1. The van der Waals surface area contributed by atoms with Gasteiger partial charge >= 0.3 is 0 Å². The standard InChI is InChI=1S/C11H13ClN2O/c1-14-10(6-9(13)11(14)15)7-2-4-8(12)5-3-7/h2-5,9-10H,6,13H2,1H3/t9-,10-/m1/s1. The minimum absolute atomic E-state index is 0.00921. The molecule has 4 heteroatoms. The quantitative estimate of drug-likeness (QED) is 0.787. The highest BCUT2D eigenvalue weighted by Gasteiger charge is 2.35. The van der Waals surface area contributed by atoms with Crippen LogP contribution in [0.4, 0.5) is 0 Å². The van der Waals surface area contributed by atoms with Crippen molar-refractivity contribution in [2.24, 2.45) is 5.73 Å². The van der Waals surface area contributed by atoms with E-state index in [-0.39, 0.29) is 18.0 Å². The number of hydrogen-bond donors (Lipinski definition) is 1. The van der Waals surface area contributed by atoms with E-state index >= 15 is 0 Å². The lowest BCUT2D eigenvalue weighted by molar-refractivity contribution is -0.128. The summed E-state index contributed by atoms with van der Waals surface area (Å²) in [6.07, 6.45) is 0.678. The molecule has 1 fully saturated rings. The van der Waals surface area contributed by atoms with Crippen LogP contribution in [-0.2, 0) is 4.79 Å². The maximum absolute atomic E-state index is 11.5. The van der Waals surface area contributed by atoms with Gasteiger partial charge in [0.1, 0.15) is 0 Å². The van der Waals surface area contributed by atoms with Crippen molar-refractivity contribution in [3.63, 3.8) is 0 Å². The first-order valence-corrected chi connectivity index (χ1v) is 5.25. The number of benzene rings is 1. The Hall–Kier alpha value is -1.06. The largest absolute Gasteiger partial charge is 0.337 e. The fourth-order valence-electron chi connectivity index (χ4n) is 1.96. The number of likely N-dealkylation sites (tertiary alicyclic amines) is 1. The monoisotopic (exact) mass is 224 g/mol. The topological polar surface area (TPSA) is 46.3 Å². The maximum atomic E-state index is 11.5. The fourth-order valence-corrected chi connectivity index (χ4v) is 2.09. The zero-order chi connectivity index (χ0) is 11.0. The average Bonchev–Trinajstić information content (AvgIpc) is 2.47. The van der Waals surface area contributed by atoms with E-state index in [0.717, 1.165) is 5.56 Å². The summed E-state index contributed by atoms with van der Waals surface area (Å²) >= 11 is 5.81. The van der Waals surface area contributed by atoms with Gasteiger partial charge in [-0.3, -0.25) is 4.79 Å². The molecule has 2 N–H and O–H groups in total. The van der Waals surface area contributed by atoms with E-state index in [0.29, 0.717) is 11.4 Å². The summed E-state index contributed by atoms with van der Waals surface area (Å²) in [5, 5.41) is 0.704. The van der Waals surface area contributed by atoms with E-state index in [9.17, 15) is 4.79 Å². The first kappa shape index (κ1) is 10.5. The number of amides is 1. The highest BCUT2D eigenvalue weighted by atomic mass is 35.5. The van der Waals surface area contributed by atoms with Crippen LogP contribution in [0, 0.1) is 0 Å². The van der Waals surface area contributed by atoms with Crippen LogP contribution in [0.2, 0.25) is 5.02 Å². The summed E-state index contributed by atoms with van der Waals surface area (Å²) in [6.45, 7) is 0. The minimum atomic E-state index is -0.365. The second-order valence-electron chi connectivity index (χ2n) is 3.86. The maximum Gasteiger partial charge on any atom is 0.239 e. The Kier molecular flexibility index (Phi) is 2.67. The minimum Gasteiger partial charge on any atom is -0.337 e. The number of carbonyl (C=O) groups excluding carboxylic acids is 1. The van der Waals surface area contributed by atoms with Crippen molar-refractivity contribution < 1.29 is 4.79 Å². The molecule has 0 unspecified atom stereocenters. The van der Waals surface area contributed by atoms with E-state index in [2.05, 4.69) is 0 Å². The summed E-state index contributed by atoms with van der Waals surface area (Å²) in [5.74, 6) is 0.00921. The van der Waals surface area contributed by atoms with Crippen molar-refractivity contribution in [3.05, 3.63) is 34.9 Å².